The molecule has 2 amide bonds. The summed E-state index contributed by atoms with van der Waals surface area (Å²) in [5, 5.41) is 22.3. The fourth-order valence-corrected chi connectivity index (χ4v) is 7.62. The molecule has 7 aliphatic rings. The quantitative estimate of drug-likeness (QED) is 0.333. The van der Waals surface area contributed by atoms with Crippen molar-refractivity contribution in [2.45, 2.75) is 75.0 Å². The second-order valence-corrected chi connectivity index (χ2v) is 12.2. The summed E-state index contributed by atoms with van der Waals surface area (Å²) in [5.41, 5.74) is 4.30. The molecule has 2 bridgehead atoms. The molecular formula is C28H38N8O3. The van der Waals surface area contributed by atoms with E-state index < -0.39 is 0 Å². The minimum Gasteiger partial charge on any atom is -0.365 e. The van der Waals surface area contributed by atoms with Crippen molar-refractivity contribution >= 4 is 17.5 Å². The summed E-state index contributed by atoms with van der Waals surface area (Å²) < 4.78 is 5.92. The van der Waals surface area contributed by atoms with E-state index in [0.717, 1.165) is 38.0 Å². The highest BCUT2D eigenvalue weighted by Crippen LogP contribution is 2.51. The van der Waals surface area contributed by atoms with E-state index in [2.05, 4.69) is 61.9 Å². The third-order valence-electron chi connectivity index (χ3n) is 9.84. The molecular weight excluding hydrogens is 496 g/mol. The van der Waals surface area contributed by atoms with Crippen LogP contribution in [0.25, 0.3) is 0 Å². The van der Waals surface area contributed by atoms with Gasteiger partial charge in [0, 0.05) is 37.3 Å². The number of nitrogens with zero attached hydrogens (tertiary/aromatic N) is 3. The van der Waals surface area contributed by atoms with E-state index in [0.29, 0.717) is 25.0 Å². The van der Waals surface area contributed by atoms with Gasteiger partial charge in [-0.05, 0) is 55.4 Å². The fraction of sp³-hybridized carbons (Fsp3) is 0.643. The maximum atomic E-state index is 13.7. The van der Waals surface area contributed by atoms with Crippen molar-refractivity contribution < 1.29 is 14.3 Å². The molecule has 1 aliphatic carbocycles. The summed E-state index contributed by atoms with van der Waals surface area (Å²) in [7, 11) is 0. The Bertz CT molecular complexity index is 1200. The molecule has 5 fully saturated rings. The van der Waals surface area contributed by atoms with E-state index >= 15 is 0 Å². The lowest BCUT2D eigenvalue weighted by atomic mass is 9.88. The lowest BCUT2D eigenvalue weighted by Crippen LogP contribution is -2.72. The molecule has 5 N–H and O–H groups in total. The van der Waals surface area contributed by atoms with Crippen LogP contribution in [0.3, 0.4) is 0 Å². The van der Waals surface area contributed by atoms with Crippen LogP contribution >= 0.6 is 0 Å². The van der Waals surface area contributed by atoms with Crippen molar-refractivity contribution in [3.63, 3.8) is 0 Å². The number of hydrogen-bond donors (Lipinski definition) is 5. The molecule has 6 atom stereocenters. The molecule has 11 nitrogen and oxygen atoms in total. The number of morpholine rings is 1. The number of hydrogen-bond acceptors (Lipinski definition) is 9. The van der Waals surface area contributed by atoms with Crippen LogP contribution in [0.15, 0.2) is 30.4 Å². The van der Waals surface area contributed by atoms with Crippen molar-refractivity contribution in [2.75, 3.05) is 38.1 Å². The molecule has 8 rings (SSSR count). The second kappa shape index (κ2) is 9.25. The van der Waals surface area contributed by atoms with E-state index in [1.165, 1.54) is 24.0 Å². The predicted octanol–water partition coefficient (Wildman–Crippen LogP) is -0.0659. The Morgan fingerprint density at radius 3 is 2.90 bits per heavy atom. The third kappa shape index (κ3) is 4.01. The van der Waals surface area contributed by atoms with Gasteiger partial charge in [0.2, 0.25) is 11.8 Å². The van der Waals surface area contributed by atoms with E-state index in [9.17, 15) is 9.59 Å². The minimum absolute atomic E-state index is 0.0180. The fourth-order valence-electron chi connectivity index (χ4n) is 7.62. The number of piperidine rings is 1. The Kier molecular flexibility index (Phi) is 5.76. The molecule has 208 valence electrons. The van der Waals surface area contributed by atoms with Crippen LogP contribution in [0.1, 0.15) is 43.2 Å². The lowest BCUT2D eigenvalue weighted by molar-refractivity contribution is -0.175. The van der Waals surface area contributed by atoms with Crippen LogP contribution in [0, 0.1) is 5.92 Å². The van der Waals surface area contributed by atoms with Crippen LogP contribution in [-0.2, 0) is 26.3 Å². The molecule has 6 aliphatic heterocycles. The van der Waals surface area contributed by atoms with Gasteiger partial charge in [0.25, 0.3) is 0 Å². The number of ether oxygens (including phenoxy) is 1. The van der Waals surface area contributed by atoms with Crippen molar-refractivity contribution in [3.8, 4) is 0 Å². The van der Waals surface area contributed by atoms with Crippen molar-refractivity contribution in [1.82, 2.24) is 36.2 Å². The van der Waals surface area contributed by atoms with Crippen molar-refractivity contribution in [1.29, 1.82) is 0 Å². The number of hydrazine groups is 1. The predicted molar refractivity (Wildman–Crippen MR) is 144 cm³/mol. The Balaban J connectivity index is 1.05. The standard InChI is InChI=1S/C28H38N8O3/c37-23-15-39-21-6-7-22-32-25(21)34(23)10-2-1-3-11-35-26(38)19-14-30-27(33-24(19)36(22)35)31-18-5-4-17-13-29-16-28(8-9-28)20(17)12-18/h1,3-5,12,19,21-22,24-25,27,29-33H,2,6-11,13-16H2/b3-1+. The van der Waals surface area contributed by atoms with E-state index in [1.54, 1.807) is 0 Å². The first-order chi connectivity index (χ1) is 19.1. The number of nitrogens with one attached hydrogen (secondary N) is 5. The number of anilines is 1. The zero-order valence-corrected chi connectivity index (χ0v) is 22.2. The average Bonchev–Trinajstić information content (AvgIpc) is 3.67. The van der Waals surface area contributed by atoms with E-state index in [1.807, 2.05) is 9.91 Å². The van der Waals surface area contributed by atoms with Crippen LogP contribution in [-0.4, -0.2) is 90.4 Å². The van der Waals surface area contributed by atoms with Gasteiger partial charge < -0.3 is 20.3 Å². The summed E-state index contributed by atoms with van der Waals surface area (Å²) in [4.78, 5) is 28.3. The molecule has 4 saturated heterocycles. The Morgan fingerprint density at radius 1 is 1.08 bits per heavy atom. The maximum Gasteiger partial charge on any atom is 0.249 e. The smallest absolute Gasteiger partial charge is 0.249 e. The highest BCUT2D eigenvalue weighted by molar-refractivity contribution is 5.82. The Labute approximate surface area is 228 Å². The van der Waals surface area contributed by atoms with Gasteiger partial charge in [-0.2, -0.15) is 5.01 Å². The number of benzene rings is 1. The summed E-state index contributed by atoms with van der Waals surface area (Å²) in [6.45, 7) is 3.94. The van der Waals surface area contributed by atoms with Crippen LogP contribution in [0.2, 0.25) is 0 Å². The maximum absolute atomic E-state index is 13.7. The molecule has 39 heavy (non-hydrogen) atoms. The molecule has 11 heteroatoms. The van der Waals surface area contributed by atoms with Crippen molar-refractivity contribution in [3.05, 3.63) is 41.5 Å². The monoisotopic (exact) mass is 534 g/mol. The number of carbonyl (C=O) groups is 2. The first-order valence-corrected chi connectivity index (χ1v) is 14.6. The van der Waals surface area contributed by atoms with Crippen LogP contribution < -0.4 is 26.6 Å². The van der Waals surface area contributed by atoms with Gasteiger partial charge in [0.15, 0.2) is 0 Å². The van der Waals surface area contributed by atoms with Gasteiger partial charge in [-0.3, -0.25) is 30.5 Å². The number of amides is 2. The van der Waals surface area contributed by atoms with Gasteiger partial charge in [0.05, 0.1) is 30.9 Å². The summed E-state index contributed by atoms with van der Waals surface area (Å²) in [6, 6.07) is 6.75. The summed E-state index contributed by atoms with van der Waals surface area (Å²) in [6.07, 6.45) is 8.52. The third-order valence-corrected chi connectivity index (χ3v) is 9.84. The second-order valence-electron chi connectivity index (χ2n) is 12.2. The minimum atomic E-state index is -0.191. The highest BCUT2D eigenvalue weighted by atomic mass is 16.5. The van der Waals surface area contributed by atoms with Gasteiger partial charge in [-0.15, -0.1) is 0 Å². The molecule has 6 heterocycles. The summed E-state index contributed by atoms with van der Waals surface area (Å²) in [5.74, 6) is -0.0259. The van der Waals surface area contributed by atoms with Gasteiger partial charge in [-0.25, -0.2) is 0 Å². The zero-order chi connectivity index (χ0) is 26.1. The average molecular weight is 535 g/mol. The first-order valence-electron chi connectivity index (χ1n) is 14.6. The SMILES string of the molecule is O=C1COC2CCC3NC2N1CC/C=C/CN1C(=O)C2CNC(Nc4ccc5c(c4)C4(CC4)CNC5)NC2N31. The molecule has 1 aromatic carbocycles. The van der Waals surface area contributed by atoms with Gasteiger partial charge >= 0.3 is 0 Å². The molecule has 1 aromatic rings. The first kappa shape index (κ1) is 24.3. The topological polar surface area (TPSA) is 113 Å². The lowest BCUT2D eigenvalue weighted by Gasteiger charge is -2.50. The normalized spacial score (nSPS) is 37.9. The number of carbonyl (C=O) groups excluding carboxylic acids is 2. The van der Waals surface area contributed by atoms with Gasteiger partial charge in [-0.1, -0.05) is 18.2 Å². The molecule has 0 radical (unpaired) electrons. The number of fused-ring (bicyclic) bond motifs is 7. The molecule has 1 spiro atoms. The zero-order valence-electron chi connectivity index (χ0n) is 22.2. The molecule has 0 aromatic heterocycles. The van der Waals surface area contributed by atoms with Crippen LogP contribution in [0.4, 0.5) is 5.69 Å². The van der Waals surface area contributed by atoms with Crippen molar-refractivity contribution in [2.24, 2.45) is 5.92 Å². The largest absolute Gasteiger partial charge is 0.365 e. The Morgan fingerprint density at radius 2 is 2.00 bits per heavy atom. The number of rotatable bonds is 2. The Hall–Kier alpha value is -2.54. The summed E-state index contributed by atoms with van der Waals surface area (Å²) >= 11 is 0. The molecule has 1 saturated carbocycles. The molecule has 6 unspecified atom stereocenters. The van der Waals surface area contributed by atoms with Crippen LogP contribution in [0.5, 0.6) is 0 Å². The highest BCUT2D eigenvalue weighted by Gasteiger charge is 2.54. The van der Waals surface area contributed by atoms with E-state index in [4.69, 9.17) is 4.74 Å². The van der Waals surface area contributed by atoms with E-state index in [-0.39, 0.29) is 55.2 Å². The van der Waals surface area contributed by atoms with Gasteiger partial charge in [0.1, 0.15) is 19.1 Å².